The maximum atomic E-state index is 14.8. The third-order valence-corrected chi connectivity index (χ3v) is 6.05. The second-order valence-corrected chi connectivity index (χ2v) is 8.50. The quantitative estimate of drug-likeness (QED) is 0.873. The Morgan fingerprint density at radius 3 is 2.33 bits per heavy atom. The summed E-state index contributed by atoms with van der Waals surface area (Å²) < 4.78 is 20.6. The smallest absolute Gasteiger partial charge is 0.130 e. The summed E-state index contributed by atoms with van der Waals surface area (Å²) in [7, 11) is 0. The zero-order chi connectivity index (χ0) is 17.1. The Hall–Kier alpha value is -1.17. The molecule has 1 aromatic rings. The highest BCUT2D eigenvalue weighted by molar-refractivity contribution is 5.50. The lowest BCUT2D eigenvalue weighted by Crippen LogP contribution is -2.63. The minimum atomic E-state index is -0.519. The van der Waals surface area contributed by atoms with E-state index in [-0.39, 0.29) is 23.4 Å². The maximum absolute atomic E-state index is 14.8. The first kappa shape index (κ1) is 16.3. The molecule has 0 bridgehead atoms. The summed E-state index contributed by atoms with van der Waals surface area (Å²) in [6.45, 7) is 5.69. The second-order valence-electron chi connectivity index (χ2n) is 8.50. The van der Waals surface area contributed by atoms with E-state index in [0.717, 1.165) is 44.5 Å². The molecule has 1 heterocycles. The molecule has 1 aromatic carbocycles. The summed E-state index contributed by atoms with van der Waals surface area (Å²) in [6.07, 6.45) is 4.11. The minimum Gasteiger partial charge on any atom is -0.372 e. The first-order chi connectivity index (χ1) is 11.3. The number of hydrogen-bond acceptors (Lipinski definition) is 4. The lowest BCUT2D eigenvalue weighted by atomic mass is 9.46. The van der Waals surface area contributed by atoms with E-state index in [1.54, 1.807) is 6.07 Å². The molecule has 2 saturated carbocycles. The van der Waals surface area contributed by atoms with Gasteiger partial charge in [-0.15, -0.1) is 0 Å². The van der Waals surface area contributed by atoms with E-state index in [0.29, 0.717) is 11.6 Å². The summed E-state index contributed by atoms with van der Waals surface area (Å²) in [6, 6.07) is 5.86. The Morgan fingerprint density at radius 2 is 1.79 bits per heavy atom. The van der Waals surface area contributed by atoms with E-state index in [1.807, 2.05) is 12.1 Å². The summed E-state index contributed by atoms with van der Waals surface area (Å²) in [5, 5.41) is 0. The zero-order valence-corrected chi connectivity index (χ0v) is 14.6. The zero-order valence-electron chi connectivity index (χ0n) is 14.6. The van der Waals surface area contributed by atoms with E-state index in [9.17, 15) is 4.39 Å². The standard InChI is InChI=1S/C19H28FN3O/c1-12-8-23(9-13(2)24-12)15-3-4-16(17(20)5-15)19(22)10-18(11-19)6-14(21)7-18/h3-5,12-14H,6-11,21-22H2,1-2H3. The molecule has 4 N–H and O–H groups in total. The van der Waals surface area contributed by atoms with Crippen molar-refractivity contribution in [2.24, 2.45) is 16.9 Å². The van der Waals surface area contributed by atoms with Crippen LogP contribution in [0.4, 0.5) is 10.1 Å². The molecular formula is C19H28FN3O. The summed E-state index contributed by atoms with van der Waals surface area (Å²) in [5.74, 6) is -0.180. The molecule has 0 amide bonds. The normalized spacial score (nSPS) is 41.9. The van der Waals surface area contributed by atoms with Gasteiger partial charge in [0.15, 0.2) is 0 Å². The van der Waals surface area contributed by atoms with Crippen molar-refractivity contribution in [3.63, 3.8) is 0 Å². The van der Waals surface area contributed by atoms with Crippen molar-refractivity contribution in [3.05, 3.63) is 29.6 Å². The minimum absolute atomic E-state index is 0.159. The molecule has 0 radical (unpaired) electrons. The number of nitrogens with two attached hydrogens (primary N) is 2. The van der Waals surface area contributed by atoms with Gasteiger partial charge in [0.2, 0.25) is 0 Å². The van der Waals surface area contributed by atoms with Gasteiger partial charge in [0.25, 0.3) is 0 Å². The molecule has 4 rings (SSSR count). The van der Waals surface area contributed by atoms with Crippen LogP contribution in [0.5, 0.6) is 0 Å². The topological polar surface area (TPSA) is 64.5 Å². The number of benzene rings is 1. The molecule has 1 saturated heterocycles. The maximum Gasteiger partial charge on any atom is 0.130 e. The van der Waals surface area contributed by atoms with Gasteiger partial charge in [-0.1, -0.05) is 6.07 Å². The van der Waals surface area contributed by atoms with E-state index in [2.05, 4.69) is 18.7 Å². The Labute approximate surface area is 143 Å². The van der Waals surface area contributed by atoms with E-state index in [1.165, 1.54) is 0 Å². The van der Waals surface area contributed by atoms with Crippen LogP contribution in [0.1, 0.15) is 45.1 Å². The highest BCUT2D eigenvalue weighted by Gasteiger charge is 2.58. The van der Waals surface area contributed by atoms with Crippen LogP contribution in [-0.2, 0) is 10.3 Å². The molecule has 2 unspecified atom stereocenters. The number of anilines is 1. The first-order valence-corrected chi connectivity index (χ1v) is 9.04. The predicted molar refractivity (Wildman–Crippen MR) is 93.4 cm³/mol. The Morgan fingerprint density at radius 1 is 1.17 bits per heavy atom. The third kappa shape index (κ3) is 2.63. The molecule has 1 aliphatic heterocycles. The van der Waals surface area contributed by atoms with Gasteiger partial charge in [-0.05, 0) is 57.1 Å². The molecule has 3 aliphatic rings. The van der Waals surface area contributed by atoms with Crippen LogP contribution in [0.15, 0.2) is 18.2 Å². The molecule has 5 heteroatoms. The van der Waals surface area contributed by atoms with Gasteiger partial charge < -0.3 is 21.1 Å². The highest BCUT2D eigenvalue weighted by atomic mass is 19.1. The van der Waals surface area contributed by atoms with Crippen LogP contribution in [0.3, 0.4) is 0 Å². The summed E-state index contributed by atoms with van der Waals surface area (Å²) in [4.78, 5) is 2.20. The van der Waals surface area contributed by atoms with Gasteiger partial charge in [0, 0.05) is 35.9 Å². The number of ether oxygens (including phenoxy) is 1. The predicted octanol–water partition coefficient (Wildman–Crippen LogP) is 2.49. The van der Waals surface area contributed by atoms with Crippen molar-refractivity contribution in [1.82, 2.24) is 0 Å². The van der Waals surface area contributed by atoms with Crippen LogP contribution in [0.25, 0.3) is 0 Å². The molecule has 4 nitrogen and oxygen atoms in total. The molecule has 2 aliphatic carbocycles. The molecule has 3 fully saturated rings. The van der Waals surface area contributed by atoms with Crippen LogP contribution >= 0.6 is 0 Å². The summed E-state index contributed by atoms with van der Waals surface area (Å²) in [5.41, 5.74) is 13.8. The first-order valence-electron chi connectivity index (χ1n) is 9.04. The molecule has 132 valence electrons. The molecule has 2 atom stereocenters. The van der Waals surface area contributed by atoms with Gasteiger partial charge in [-0.25, -0.2) is 4.39 Å². The molecule has 0 aromatic heterocycles. The summed E-state index contributed by atoms with van der Waals surface area (Å²) >= 11 is 0. The van der Waals surface area contributed by atoms with E-state index < -0.39 is 5.54 Å². The highest BCUT2D eigenvalue weighted by Crippen LogP contribution is 2.62. The third-order valence-electron chi connectivity index (χ3n) is 6.05. The van der Waals surface area contributed by atoms with Crippen molar-refractivity contribution in [2.45, 2.75) is 63.3 Å². The van der Waals surface area contributed by atoms with Crippen LogP contribution < -0.4 is 16.4 Å². The SMILES string of the molecule is CC1CN(c2ccc(C3(N)CC4(CC(N)C4)C3)c(F)c2)CC(C)O1. The van der Waals surface area contributed by atoms with Crippen LogP contribution in [-0.4, -0.2) is 31.3 Å². The van der Waals surface area contributed by atoms with Gasteiger partial charge in [0.05, 0.1) is 12.2 Å². The number of halogens is 1. The number of hydrogen-bond donors (Lipinski definition) is 2. The van der Waals surface area contributed by atoms with Crippen molar-refractivity contribution in [1.29, 1.82) is 0 Å². The molecular weight excluding hydrogens is 305 g/mol. The van der Waals surface area contributed by atoms with Gasteiger partial charge in [-0.3, -0.25) is 0 Å². The Balaban J connectivity index is 1.51. The number of rotatable bonds is 2. The second kappa shape index (κ2) is 5.41. The lowest BCUT2D eigenvalue weighted by molar-refractivity contribution is -0.0602. The van der Waals surface area contributed by atoms with Crippen molar-refractivity contribution in [3.8, 4) is 0 Å². The van der Waals surface area contributed by atoms with Crippen molar-refractivity contribution >= 4 is 5.69 Å². The van der Waals surface area contributed by atoms with Crippen molar-refractivity contribution < 1.29 is 9.13 Å². The fraction of sp³-hybridized carbons (Fsp3) is 0.684. The van der Waals surface area contributed by atoms with Gasteiger partial charge in [-0.2, -0.15) is 0 Å². The Bertz CT molecular complexity index is 625. The van der Waals surface area contributed by atoms with Crippen molar-refractivity contribution in [2.75, 3.05) is 18.0 Å². The lowest BCUT2D eigenvalue weighted by Gasteiger charge is -2.62. The van der Waals surface area contributed by atoms with Crippen LogP contribution in [0, 0.1) is 11.2 Å². The fourth-order valence-electron chi connectivity index (χ4n) is 5.31. The Kier molecular flexibility index (Phi) is 3.68. The average molecular weight is 333 g/mol. The number of morpholine rings is 1. The number of nitrogens with zero attached hydrogens (tertiary/aromatic N) is 1. The van der Waals surface area contributed by atoms with Gasteiger partial charge >= 0.3 is 0 Å². The van der Waals surface area contributed by atoms with E-state index in [4.69, 9.17) is 16.2 Å². The monoisotopic (exact) mass is 333 g/mol. The fourth-order valence-corrected chi connectivity index (χ4v) is 5.31. The molecule has 24 heavy (non-hydrogen) atoms. The van der Waals surface area contributed by atoms with Crippen LogP contribution in [0.2, 0.25) is 0 Å². The van der Waals surface area contributed by atoms with Gasteiger partial charge in [0.1, 0.15) is 5.82 Å². The molecule has 1 spiro atoms. The van der Waals surface area contributed by atoms with E-state index >= 15 is 0 Å². The largest absolute Gasteiger partial charge is 0.372 e. The average Bonchev–Trinajstić information content (AvgIpc) is 2.42.